The minimum atomic E-state index is -0.0997. The second kappa shape index (κ2) is 10.0. The number of nitrogens with zero attached hydrogens (tertiary/aromatic N) is 1. The number of fused-ring (bicyclic) bond motifs is 1. The molecule has 0 fully saturated rings. The van der Waals surface area contributed by atoms with Crippen LogP contribution in [0.15, 0.2) is 53.5 Å². The van der Waals surface area contributed by atoms with Gasteiger partial charge in [0.1, 0.15) is 5.00 Å². The topological polar surface area (TPSA) is 59.9 Å². The molecule has 1 aliphatic rings. The lowest BCUT2D eigenvalue weighted by molar-refractivity contribution is 0.102. The Morgan fingerprint density at radius 1 is 1.09 bits per heavy atom. The predicted molar refractivity (Wildman–Crippen MR) is 140 cm³/mol. The van der Waals surface area contributed by atoms with E-state index in [-0.39, 0.29) is 11.3 Å². The summed E-state index contributed by atoms with van der Waals surface area (Å²) in [6, 6.07) is 15.3. The second-order valence-electron chi connectivity index (χ2n) is 9.68. The summed E-state index contributed by atoms with van der Waals surface area (Å²) in [6.45, 7) is 6.90. The Labute approximate surface area is 205 Å². The molecule has 0 bridgehead atoms. The van der Waals surface area contributed by atoms with Gasteiger partial charge in [0.15, 0.2) is 11.5 Å². The van der Waals surface area contributed by atoms with Gasteiger partial charge in [-0.2, -0.15) is 0 Å². The first-order chi connectivity index (χ1) is 16.3. The van der Waals surface area contributed by atoms with Crippen molar-refractivity contribution in [2.45, 2.75) is 40.0 Å². The number of thiophene rings is 1. The number of amides is 1. The smallest absolute Gasteiger partial charge is 0.259 e. The number of aliphatic imine (C=N–C) groups is 1. The Hall–Kier alpha value is -3.12. The summed E-state index contributed by atoms with van der Waals surface area (Å²) in [5, 5.41) is 3.82. The number of ether oxygens (including phenoxy) is 2. The van der Waals surface area contributed by atoms with Gasteiger partial charge >= 0.3 is 0 Å². The van der Waals surface area contributed by atoms with Crippen LogP contribution in [0.2, 0.25) is 0 Å². The van der Waals surface area contributed by atoms with E-state index in [1.807, 2.05) is 48.5 Å². The van der Waals surface area contributed by atoms with Crippen molar-refractivity contribution >= 4 is 34.1 Å². The van der Waals surface area contributed by atoms with Gasteiger partial charge in [-0.05, 0) is 72.1 Å². The van der Waals surface area contributed by atoms with Crippen molar-refractivity contribution in [3.05, 3.63) is 70.1 Å². The maximum atomic E-state index is 13.4. The molecular formula is C28H32N2O3S. The Morgan fingerprint density at radius 2 is 1.82 bits per heavy atom. The van der Waals surface area contributed by atoms with Gasteiger partial charge in [-0.25, -0.2) is 4.99 Å². The molecule has 0 aliphatic heterocycles. The lowest BCUT2D eigenvalue weighted by Gasteiger charge is -2.33. The van der Waals surface area contributed by atoms with E-state index in [1.165, 1.54) is 4.88 Å². The third kappa shape index (κ3) is 5.17. The molecular weight excluding hydrogens is 444 g/mol. The van der Waals surface area contributed by atoms with E-state index >= 15 is 0 Å². The van der Waals surface area contributed by atoms with Crippen LogP contribution in [0.4, 0.5) is 10.7 Å². The van der Waals surface area contributed by atoms with E-state index in [0.29, 0.717) is 23.0 Å². The average Bonchev–Trinajstić information content (AvgIpc) is 3.20. The fraction of sp³-hybridized carbons (Fsp3) is 0.357. The number of anilines is 1. The third-order valence-corrected chi connectivity index (χ3v) is 7.63. The minimum Gasteiger partial charge on any atom is -0.493 e. The molecule has 1 aromatic heterocycles. The molecule has 1 atom stereocenters. The summed E-state index contributed by atoms with van der Waals surface area (Å²) in [4.78, 5) is 19.5. The van der Waals surface area contributed by atoms with Gasteiger partial charge in [0.25, 0.3) is 5.91 Å². The molecule has 4 rings (SSSR count). The van der Waals surface area contributed by atoms with Crippen LogP contribution >= 0.6 is 11.3 Å². The van der Waals surface area contributed by atoms with E-state index in [4.69, 9.17) is 14.5 Å². The van der Waals surface area contributed by atoms with Crippen LogP contribution in [-0.2, 0) is 12.8 Å². The number of carbonyl (C=O) groups is 1. The first kappa shape index (κ1) is 24.0. The number of nitrogens with one attached hydrogen (secondary N) is 1. The number of rotatable bonds is 6. The van der Waals surface area contributed by atoms with Crippen LogP contribution in [0.25, 0.3) is 0 Å². The standard InChI is InChI=1S/C28H32N2O3S/c1-28(2,3)19-12-13-21-24(16-19)34-27(25(21)26(31)30-20-9-7-6-8-10-20)29-17-18-11-14-22(32-4)23(15-18)33-5/h6-11,14-15,17,19H,12-13,16H2,1-5H3,(H,30,31)/t19-/m1/s1. The largest absolute Gasteiger partial charge is 0.493 e. The fourth-order valence-electron chi connectivity index (χ4n) is 4.42. The highest BCUT2D eigenvalue weighted by Crippen LogP contribution is 2.45. The predicted octanol–water partition coefficient (Wildman–Crippen LogP) is 6.92. The van der Waals surface area contributed by atoms with Crippen LogP contribution < -0.4 is 14.8 Å². The number of hydrogen-bond acceptors (Lipinski definition) is 5. The van der Waals surface area contributed by atoms with Crippen molar-refractivity contribution in [1.29, 1.82) is 0 Å². The quantitative estimate of drug-likeness (QED) is 0.393. The number of benzene rings is 2. The van der Waals surface area contributed by atoms with E-state index in [0.717, 1.165) is 41.1 Å². The van der Waals surface area contributed by atoms with E-state index in [9.17, 15) is 4.79 Å². The van der Waals surface area contributed by atoms with Crippen molar-refractivity contribution < 1.29 is 14.3 Å². The molecule has 1 N–H and O–H groups in total. The van der Waals surface area contributed by atoms with Crippen LogP contribution in [-0.4, -0.2) is 26.3 Å². The van der Waals surface area contributed by atoms with Gasteiger partial charge in [-0.1, -0.05) is 39.0 Å². The zero-order chi connectivity index (χ0) is 24.3. The molecule has 178 valence electrons. The molecule has 0 radical (unpaired) electrons. The average molecular weight is 477 g/mol. The van der Waals surface area contributed by atoms with Gasteiger partial charge < -0.3 is 14.8 Å². The van der Waals surface area contributed by atoms with Crippen LogP contribution in [0.1, 0.15) is 53.6 Å². The number of methoxy groups -OCH3 is 2. The molecule has 34 heavy (non-hydrogen) atoms. The molecule has 0 saturated carbocycles. The highest BCUT2D eigenvalue weighted by molar-refractivity contribution is 7.16. The summed E-state index contributed by atoms with van der Waals surface area (Å²) >= 11 is 1.64. The monoisotopic (exact) mass is 476 g/mol. The van der Waals surface area contributed by atoms with Crippen molar-refractivity contribution in [1.82, 2.24) is 0 Å². The first-order valence-corrected chi connectivity index (χ1v) is 12.4. The normalized spacial score (nSPS) is 15.7. The van der Waals surface area contributed by atoms with E-state index in [1.54, 1.807) is 31.8 Å². The molecule has 1 heterocycles. The molecule has 3 aromatic rings. The Balaban J connectivity index is 1.70. The summed E-state index contributed by atoms with van der Waals surface area (Å²) in [6.07, 6.45) is 4.76. The summed E-state index contributed by atoms with van der Waals surface area (Å²) in [5.41, 5.74) is 3.75. The highest BCUT2D eigenvalue weighted by atomic mass is 32.1. The fourth-order valence-corrected chi connectivity index (χ4v) is 5.69. The van der Waals surface area contributed by atoms with Gasteiger partial charge in [0.2, 0.25) is 0 Å². The summed E-state index contributed by atoms with van der Waals surface area (Å²) in [5.74, 6) is 1.80. The van der Waals surface area contributed by atoms with Crippen LogP contribution in [0.3, 0.4) is 0 Å². The zero-order valence-electron chi connectivity index (χ0n) is 20.5. The molecule has 0 unspecified atom stereocenters. The molecule has 0 spiro atoms. The number of para-hydroxylation sites is 1. The van der Waals surface area contributed by atoms with Gasteiger partial charge in [0, 0.05) is 16.8 Å². The third-order valence-electron chi connectivity index (χ3n) is 6.47. The van der Waals surface area contributed by atoms with Gasteiger partial charge in [-0.15, -0.1) is 11.3 Å². The highest BCUT2D eigenvalue weighted by Gasteiger charge is 2.33. The molecule has 1 aliphatic carbocycles. The number of carbonyl (C=O) groups excluding carboxylic acids is 1. The van der Waals surface area contributed by atoms with E-state index < -0.39 is 0 Å². The lowest BCUT2D eigenvalue weighted by atomic mass is 9.72. The molecule has 6 heteroatoms. The van der Waals surface area contributed by atoms with Crippen molar-refractivity contribution in [3.63, 3.8) is 0 Å². The maximum absolute atomic E-state index is 13.4. The Morgan fingerprint density at radius 3 is 2.50 bits per heavy atom. The number of hydrogen-bond donors (Lipinski definition) is 1. The molecule has 0 saturated heterocycles. The Bertz CT molecular complexity index is 1190. The maximum Gasteiger partial charge on any atom is 0.259 e. The molecule has 1 amide bonds. The SMILES string of the molecule is COc1ccc(C=Nc2sc3c(c2C(=O)Nc2ccccc2)CC[C@@H](C(C)(C)C)C3)cc1OC. The second-order valence-corrected chi connectivity index (χ2v) is 10.8. The van der Waals surface area contributed by atoms with Crippen LogP contribution in [0.5, 0.6) is 11.5 Å². The van der Waals surface area contributed by atoms with Crippen molar-refractivity contribution in [2.24, 2.45) is 16.3 Å². The summed E-state index contributed by atoms with van der Waals surface area (Å²) < 4.78 is 10.8. The molecule has 2 aromatic carbocycles. The van der Waals surface area contributed by atoms with Crippen molar-refractivity contribution in [2.75, 3.05) is 19.5 Å². The zero-order valence-corrected chi connectivity index (χ0v) is 21.3. The summed E-state index contributed by atoms with van der Waals surface area (Å²) in [7, 11) is 3.23. The Kier molecular flexibility index (Phi) is 7.08. The van der Waals surface area contributed by atoms with Gasteiger partial charge in [0.05, 0.1) is 19.8 Å². The van der Waals surface area contributed by atoms with Gasteiger partial charge in [-0.3, -0.25) is 4.79 Å². The lowest BCUT2D eigenvalue weighted by Crippen LogP contribution is -2.27. The first-order valence-electron chi connectivity index (χ1n) is 11.6. The van der Waals surface area contributed by atoms with Crippen molar-refractivity contribution in [3.8, 4) is 11.5 Å². The van der Waals surface area contributed by atoms with Crippen LogP contribution in [0, 0.1) is 11.3 Å². The minimum absolute atomic E-state index is 0.0997. The van der Waals surface area contributed by atoms with E-state index in [2.05, 4.69) is 26.1 Å². The molecule has 5 nitrogen and oxygen atoms in total.